The van der Waals surface area contributed by atoms with Gasteiger partial charge in [-0.3, -0.25) is 10.3 Å². The molecule has 0 amide bonds. The molecule has 1 unspecified atom stereocenters. The van der Waals surface area contributed by atoms with Gasteiger partial charge in [-0.25, -0.2) is 4.79 Å². The zero-order valence-electron chi connectivity index (χ0n) is 11.5. The Balaban J connectivity index is 2.77. The van der Waals surface area contributed by atoms with Crippen molar-refractivity contribution in [2.24, 2.45) is 0 Å². The van der Waals surface area contributed by atoms with Gasteiger partial charge in [0.25, 0.3) is 0 Å². The summed E-state index contributed by atoms with van der Waals surface area (Å²) in [4.78, 5) is 18.1. The molecule has 0 aliphatic rings. The summed E-state index contributed by atoms with van der Waals surface area (Å²) >= 11 is 3.36. The highest BCUT2D eigenvalue weighted by molar-refractivity contribution is 9.10. The fraction of sp³-hybridized carbons (Fsp3) is 0.538. The lowest BCUT2D eigenvalue weighted by Gasteiger charge is -2.19. The number of nitrogens with one attached hydrogen (secondary N) is 1. The average Bonchev–Trinajstić information content (AvgIpc) is 2.34. The first kappa shape index (κ1) is 16.1. The molecule has 19 heavy (non-hydrogen) atoms. The van der Waals surface area contributed by atoms with Crippen LogP contribution in [0.25, 0.3) is 0 Å². The van der Waals surface area contributed by atoms with Crippen LogP contribution in [0.5, 0.6) is 0 Å². The smallest absolute Gasteiger partial charge is 0.327 e. The lowest BCUT2D eigenvalue weighted by atomic mass is 10.1. The molecule has 1 atom stereocenters. The number of ether oxygens (including phenoxy) is 1. The summed E-state index contributed by atoms with van der Waals surface area (Å²) in [6.07, 6.45) is 3.36. The largest absolute Gasteiger partial charge is 0.465 e. The maximum absolute atomic E-state index is 12.0. The predicted octanol–water partition coefficient (Wildman–Crippen LogP) is 1.60. The number of carbonyl (C=O) groups excluding carboxylic acids is 1. The second kappa shape index (κ2) is 8.24. The summed E-state index contributed by atoms with van der Waals surface area (Å²) in [5.41, 5.74) is 0.798. The van der Waals surface area contributed by atoms with Crippen LogP contribution in [0.4, 0.5) is 0 Å². The van der Waals surface area contributed by atoms with Crippen LogP contribution in [0.3, 0.4) is 0 Å². The zero-order chi connectivity index (χ0) is 14.3. The van der Waals surface area contributed by atoms with E-state index in [2.05, 4.69) is 26.2 Å². The van der Waals surface area contributed by atoms with E-state index in [0.717, 1.165) is 16.6 Å². The number of rotatable bonds is 7. The molecule has 106 valence electrons. The molecule has 1 aromatic rings. The van der Waals surface area contributed by atoms with Crippen LogP contribution >= 0.6 is 15.9 Å². The third kappa shape index (κ3) is 5.67. The number of hydrogen-bond acceptors (Lipinski definition) is 5. The molecule has 1 N–H and O–H groups in total. The van der Waals surface area contributed by atoms with E-state index >= 15 is 0 Å². The monoisotopic (exact) mass is 329 g/mol. The molecule has 0 saturated heterocycles. The van der Waals surface area contributed by atoms with Gasteiger partial charge in [-0.15, -0.1) is 0 Å². The van der Waals surface area contributed by atoms with Crippen LogP contribution in [0.1, 0.15) is 18.5 Å². The van der Waals surface area contributed by atoms with Gasteiger partial charge in [0, 0.05) is 30.0 Å². The number of hydrogen-bond donors (Lipinski definition) is 1. The van der Waals surface area contributed by atoms with Crippen molar-refractivity contribution < 1.29 is 9.53 Å². The van der Waals surface area contributed by atoms with Crippen molar-refractivity contribution in [2.75, 3.05) is 33.8 Å². The Morgan fingerprint density at radius 1 is 1.53 bits per heavy atom. The second-order valence-corrected chi connectivity index (χ2v) is 5.29. The summed E-state index contributed by atoms with van der Waals surface area (Å²) in [7, 11) is 3.98. The number of aromatic nitrogens is 1. The third-order valence-electron chi connectivity index (χ3n) is 2.49. The van der Waals surface area contributed by atoms with Gasteiger partial charge in [0.1, 0.15) is 6.04 Å². The second-order valence-electron chi connectivity index (χ2n) is 4.38. The van der Waals surface area contributed by atoms with Crippen molar-refractivity contribution in [3.8, 4) is 0 Å². The van der Waals surface area contributed by atoms with E-state index in [1.165, 1.54) is 0 Å². The SMILES string of the molecule is CCOC(=O)C(NCCN(C)C)c1cncc(Br)c1. The summed E-state index contributed by atoms with van der Waals surface area (Å²) in [5, 5.41) is 3.20. The average molecular weight is 330 g/mol. The van der Waals surface area contributed by atoms with Gasteiger partial charge >= 0.3 is 5.97 Å². The van der Waals surface area contributed by atoms with Gasteiger partial charge < -0.3 is 9.64 Å². The lowest BCUT2D eigenvalue weighted by molar-refractivity contribution is -0.145. The molecular formula is C13H20BrN3O2. The quantitative estimate of drug-likeness (QED) is 0.770. The summed E-state index contributed by atoms with van der Waals surface area (Å²) in [6.45, 7) is 3.71. The van der Waals surface area contributed by atoms with Gasteiger partial charge in [0.15, 0.2) is 0 Å². The number of halogens is 1. The van der Waals surface area contributed by atoms with Gasteiger partial charge in [-0.05, 0) is 48.6 Å². The minimum absolute atomic E-state index is 0.277. The van der Waals surface area contributed by atoms with E-state index in [9.17, 15) is 4.79 Å². The molecule has 0 aliphatic carbocycles. The number of pyridine rings is 1. The molecule has 1 aromatic heterocycles. The van der Waals surface area contributed by atoms with Crippen LogP contribution in [-0.4, -0.2) is 49.6 Å². The normalized spacial score (nSPS) is 12.5. The Morgan fingerprint density at radius 3 is 2.84 bits per heavy atom. The standard InChI is InChI=1S/C13H20BrN3O2/c1-4-19-13(18)12(16-5-6-17(2)3)10-7-11(14)9-15-8-10/h7-9,12,16H,4-6H2,1-3H3. The highest BCUT2D eigenvalue weighted by Crippen LogP contribution is 2.18. The van der Waals surface area contributed by atoms with Crippen LogP contribution in [0.2, 0.25) is 0 Å². The number of esters is 1. The molecule has 0 saturated carbocycles. The predicted molar refractivity (Wildman–Crippen MR) is 77.9 cm³/mol. The van der Waals surface area contributed by atoms with Crippen LogP contribution in [-0.2, 0) is 9.53 Å². The molecule has 0 fully saturated rings. The van der Waals surface area contributed by atoms with Gasteiger partial charge in [0.05, 0.1) is 6.61 Å². The van der Waals surface area contributed by atoms with Gasteiger partial charge in [-0.1, -0.05) is 0 Å². The van der Waals surface area contributed by atoms with Crippen LogP contribution < -0.4 is 5.32 Å². The van der Waals surface area contributed by atoms with E-state index in [0.29, 0.717) is 13.2 Å². The highest BCUT2D eigenvalue weighted by Gasteiger charge is 2.21. The molecule has 6 heteroatoms. The van der Waals surface area contributed by atoms with Gasteiger partial charge in [-0.2, -0.15) is 0 Å². The molecule has 0 aliphatic heterocycles. The maximum Gasteiger partial charge on any atom is 0.327 e. The number of likely N-dealkylation sites (N-methyl/N-ethyl adjacent to an activating group) is 1. The fourth-order valence-electron chi connectivity index (χ4n) is 1.58. The van der Waals surface area contributed by atoms with Gasteiger partial charge in [0.2, 0.25) is 0 Å². The zero-order valence-corrected chi connectivity index (χ0v) is 13.1. The third-order valence-corrected chi connectivity index (χ3v) is 2.92. The Hall–Kier alpha value is -0.980. The minimum Gasteiger partial charge on any atom is -0.465 e. The number of nitrogens with zero attached hydrogens (tertiary/aromatic N) is 2. The maximum atomic E-state index is 12.0. The van der Waals surface area contributed by atoms with Crippen molar-refractivity contribution >= 4 is 21.9 Å². The van der Waals surface area contributed by atoms with E-state index in [-0.39, 0.29) is 5.97 Å². The topological polar surface area (TPSA) is 54.5 Å². The summed E-state index contributed by atoms with van der Waals surface area (Å²) in [5.74, 6) is -0.277. The molecule has 0 aromatic carbocycles. The first-order valence-corrected chi connectivity index (χ1v) is 6.99. The van der Waals surface area contributed by atoms with Crippen LogP contribution in [0.15, 0.2) is 22.9 Å². The summed E-state index contributed by atoms with van der Waals surface area (Å²) in [6, 6.07) is 1.39. The highest BCUT2D eigenvalue weighted by atomic mass is 79.9. The first-order chi connectivity index (χ1) is 9.04. The molecular weight excluding hydrogens is 310 g/mol. The van der Waals surface area contributed by atoms with Crippen molar-refractivity contribution in [1.29, 1.82) is 0 Å². The van der Waals surface area contributed by atoms with Crippen molar-refractivity contribution in [1.82, 2.24) is 15.2 Å². The van der Waals surface area contributed by atoms with E-state index in [1.807, 2.05) is 25.1 Å². The minimum atomic E-state index is -0.482. The Labute approximate surface area is 122 Å². The molecule has 5 nitrogen and oxygen atoms in total. The molecule has 0 radical (unpaired) electrons. The Kier molecular flexibility index (Phi) is 6.97. The van der Waals surface area contributed by atoms with Crippen LogP contribution in [0, 0.1) is 0 Å². The molecule has 0 bridgehead atoms. The summed E-state index contributed by atoms with van der Waals surface area (Å²) < 4.78 is 5.94. The van der Waals surface area contributed by atoms with Crippen molar-refractivity contribution in [2.45, 2.75) is 13.0 Å². The first-order valence-electron chi connectivity index (χ1n) is 6.19. The molecule has 1 rings (SSSR count). The molecule has 1 heterocycles. The number of carbonyl (C=O) groups is 1. The van der Waals surface area contributed by atoms with E-state index < -0.39 is 6.04 Å². The Morgan fingerprint density at radius 2 is 2.26 bits per heavy atom. The van der Waals surface area contributed by atoms with E-state index in [4.69, 9.17) is 4.74 Å². The van der Waals surface area contributed by atoms with E-state index in [1.54, 1.807) is 19.3 Å². The van der Waals surface area contributed by atoms with Crippen molar-refractivity contribution in [3.05, 3.63) is 28.5 Å². The Bertz CT molecular complexity index is 413. The lowest BCUT2D eigenvalue weighted by Crippen LogP contribution is -2.35. The molecule has 0 spiro atoms. The van der Waals surface area contributed by atoms with Crippen molar-refractivity contribution in [3.63, 3.8) is 0 Å². The fourth-order valence-corrected chi connectivity index (χ4v) is 1.96.